The van der Waals surface area contributed by atoms with Gasteiger partial charge in [-0.15, -0.1) is 11.3 Å². The van der Waals surface area contributed by atoms with Gasteiger partial charge in [0.15, 0.2) is 10.9 Å². The molecule has 28 heavy (non-hydrogen) atoms. The van der Waals surface area contributed by atoms with Crippen molar-refractivity contribution in [3.8, 4) is 0 Å². The van der Waals surface area contributed by atoms with Crippen LogP contribution in [0.1, 0.15) is 36.0 Å². The third-order valence-corrected chi connectivity index (χ3v) is 5.82. The summed E-state index contributed by atoms with van der Waals surface area (Å²) in [5, 5.41) is 7.49. The molecule has 1 aliphatic heterocycles. The molecule has 8 nitrogen and oxygen atoms in total. The third-order valence-electron chi connectivity index (χ3n) is 4.93. The van der Waals surface area contributed by atoms with E-state index in [1.54, 1.807) is 6.92 Å². The van der Waals surface area contributed by atoms with Crippen molar-refractivity contribution < 1.29 is 9.18 Å². The summed E-state index contributed by atoms with van der Waals surface area (Å²) in [6, 6.07) is 0. The van der Waals surface area contributed by atoms with Gasteiger partial charge < -0.3 is 5.32 Å². The number of nitrogens with zero attached hydrogens (tertiary/aromatic N) is 6. The maximum atomic E-state index is 14.7. The number of rotatable bonds is 5. The smallest absolute Gasteiger partial charge is 0.252 e. The molecule has 0 radical (unpaired) electrons. The number of thiazole rings is 1. The number of carbonyl (C=O) groups is 1. The molecule has 1 fully saturated rings. The molecule has 4 rings (SSSR count). The zero-order valence-corrected chi connectivity index (χ0v) is 16.7. The molecular formula is C18H22FN7OS. The molecule has 0 bridgehead atoms. The van der Waals surface area contributed by atoms with Crippen LogP contribution in [0.4, 0.5) is 9.52 Å². The minimum absolute atomic E-state index is 0.118. The third kappa shape index (κ3) is 4.02. The van der Waals surface area contributed by atoms with Crippen LogP contribution in [-0.4, -0.2) is 48.5 Å². The molecule has 0 aromatic carbocycles. The highest BCUT2D eigenvalue weighted by Gasteiger charge is 2.24. The molecule has 1 atom stereocenters. The van der Waals surface area contributed by atoms with E-state index in [1.165, 1.54) is 29.1 Å². The predicted octanol–water partition coefficient (Wildman–Crippen LogP) is 2.44. The largest absolute Gasteiger partial charge is 0.302 e. The van der Waals surface area contributed by atoms with Crippen molar-refractivity contribution in [2.24, 2.45) is 5.92 Å². The first kappa shape index (κ1) is 18.9. The van der Waals surface area contributed by atoms with Gasteiger partial charge in [0.2, 0.25) is 5.91 Å². The van der Waals surface area contributed by atoms with Crippen molar-refractivity contribution in [1.29, 1.82) is 0 Å². The first-order valence-corrected chi connectivity index (χ1v) is 10.1. The number of hydrogen-bond acceptors (Lipinski definition) is 7. The van der Waals surface area contributed by atoms with Gasteiger partial charge in [-0.25, -0.2) is 14.4 Å². The van der Waals surface area contributed by atoms with Gasteiger partial charge in [0.1, 0.15) is 6.33 Å². The van der Waals surface area contributed by atoms with Crippen LogP contribution in [0.2, 0.25) is 0 Å². The summed E-state index contributed by atoms with van der Waals surface area (Å²) < 4.78 is 16.2. The average Bonchev–Trinajstić information content (AvgIpc) is 3.28. The van der Waals surface area contributed by atoms with Crippen molar-refractivity contribution in [3.63, 3.8) is 0 Å². The molecule has 10 heteroatoms. The second kappa shape index (κ2) is 7.88. The van der Waals surface area contributed by atoms with E-state index in [-0.39, 0.29) is 11.7 Å². The molecule has 0 saturated carbocycles. The Hall–Kier alpha value is -2.46. The van der Waals surface area contributed by atoms with Crippen molar-refractivity contribution >= 4 is 28.2 Å². The van der Waals surface area contributed by atoms with Gasteiger partial charge in [-0.05, 0) is 38.6 Å². The monoisotopic (exact) mass is 403 g/mol. The van der Waals surface area contributed by atoms with Crippen molar-refractivity contribution in [2.45, 2.75) is 39.7 Å². The van der Waals surface area contributed by atoms with E-state index < -0.39 is 0 Å². The summed E-state index contributed by atoms with van der Waals surface area (Å²) in [5.74, 6) is 0.363. The van der Waals surface area contributed by atoms with Crippen LogP contribution in [0.5, 0.6) is 0 Å². The van der Waals surface area contributed by atoms with E-state index in [0.29, 0.717) is 34.6 Å². The molecule has 0 aliphatic carbocycles. The Labute approximate surface area is 165 Å². The van der Waals surface area contributed by atoms with Gasteiger partial charge in [-0.1, -0.05) is 0 Å². The Morgan fingerprint density at radius 3 is 3.11 bits per heavy atom. The van der Waals surface area contributed by atoms with E-state index in [0.717, 1.165) is 37.4 Å². The number of piperidine rings is 1. The normalized spacial score (nSPS) is 17.9. The summed E-state index contributed by atoms with van der Waals surface area (Å²) in [6.07, 6.45) is 5.94. The van der Waals surface area contributed by atoms with E-state index in [4.69, 9.17) is 0 Å². The van der Waals surface area contributed by atoms with Crippen molar-refractivity contribution in [3.05, 3.63) is 34.6 Å². The van der Waals surface area contributed by atoms with Crippen LogP contribution in [-0.2, 0) is 17.8 Å². The lowest BCUT2D eigenvalue weighted by Crippen LogP contribution is -2.36. The number of anilines is 1. The Balaban J connectivity index is 1.45. The fraction of sp³-hybridized carbons (Fsp3) is 0.500. The lowest BCUT2D eigenvalue weighted by atomic mass is 9.93. The lowest BCUT2D eigenvalue weighted by Gasteiger charge is -2.32. The highest BCUT2D eigenvalue weighted by molar-refractivity contribution is 7.15. The quantitative estimate of drug-likeness (QED) is 0.704. The minimum atomic E-state index is -0.294. The zero-order chi connectivity index (χ0) is 19.7. The molecule has 3 aromatic rings. The van der Waals surface area contributed by atoms with Gasteiger partial charge in [-0.3, -0.25) is 9.69 Å². The zero-order valence-electron chi connectivity index (χ0n) is 15.9. The van der Waals surface area contributed by atoms with E-state index in [2.05, 4.69) is 30.3 Å². The van der Waals surface area contributed by atoms with Crippen molar-refractivity contribution in [1.82, 2.24) is 29.5 Å². The van der Waals surface area contributed by atoms with Crippen LogP contribution in [0.25, 0.3) is 5.78 Å². The highest BCUT2D eigenvalue weighted by Crippen LogP contribution is 2.26. The maximum Gasteiger partial charge on any atom is 0.252 e. The second-order valence-electron chi connectivity index (χ2n) is 7.19. The molecule has 1 saturated heterocycles. The van der Waals surface area contributed by atoms with Crippen molar-refractivity contribution in [2.75, 3.05) is 18.4 Å². The van der Waals surface area contributed by atoms with Gasteiger partial charge in [0.05, 0.1) is 11.4 Å². The number of amides is 1. The summed E-state index contributed by atoms with van der Waals surface area (Å²) in [5.41, 5.74) is 0.913. The topological polar surface area (TPSA) is 88.3 Å². The Kier molecular flexibility index (Phi) is 5.31. The average molecular weight is 403 g/mol. The number of carbonyl (C=O) groups excluding carboxylic acids is 1. The van der Waals surface area contributed by atoms with E-state index in [1.807, 2.05) is 6.20 Å². The molecule has 4 heterocycles. The number of hydrogen-bond donors (Lipinski definition) is 1. The minimum Gasteiger partial charge on any atom is -0.302 e. The molecule has 148 valence electrons. The lowest BCUT2D eigenvalue weighted by molar-refractivity contribution is -0.114. The number of fused-ring (bicyclic) bond motifs is 1. The van der Waals surface area contributed by atoms with Crippen LogP contribution >= 0.6 is 11.3 Å². The standard InChI is InChI=1S/C18H22FN7OS/c1-11-16(19)15(26-17(23-11)21-10-22-26)6-13-4-3-5-25(8-13)9-14-7-20-18(28-14)24-12(2)27/h7,10,13H,3-6,8-9H2,1-2H3,(H,20,24,27). The summed E-state index contributed by atoms with van der Waals surface area (Å²) in [6.45, 7) is 5.80. The Morgan fingerprint density at radius 2 is 2.29 bits per heavy atom. The molecule has 1 N–H and O–H groups in total. The molecule has 1 aliphatic rings. The number of nitrogens with one attached hydrogen (secondary N) is 1. The Bertz CT molecular complexity index is 1000. The van der Waals surface area contributed by atoms with Crippen LogP contribution in [0.3, 0.4) is 0 Å². The second-order valence-corrected chi connectivity index (χ2v) is 8.31. The first-order chi connectivity index (χ1) is 13.5. The highest BCUT2D eigenvalue weighted by atomic mass is 32.1. The molecule has 0 spiro atoms. The number of halogens is 1. The SMILES string of the molecule is CC(=O)Nc1ncc(CN2CCCC(Cc3c(F)c(C)nc4ncnn34)C2)s1. The Morgan fingerprint density at radius 1 is 1.43 bits per heavy atom. The number of aromatic nitrogens is 5. The molecule has 3 aromatic heterocycles. The fourth-order valence-corrected chi connectivity index (χ4v) is 4.62. The molecule has 1 amide bonds. The fourth-order valence-electron chi connectivity index (χ4n) is 3.72. The van der Waals surface area contributed by atoms with Gasteiger partial charge in [0.25, 0.3) is 5.78 Å². The number of aryl methyl sites for hydroxylation is 1. The van der Waals surface area contributed by atoms with Crippen LogP contribution in [0, 0.1) is 18.7 Å². The summed E-state index contributed by atoms with van der Waals surface area (Å²) >= 11 is 1.49. The molecular weight excluding hydrogens is 381 g/mol. The number of likely N-dealkylation sites (tertiary alicyclic amines) is 1. The van der Waals surface area contributed by atoms with E-state index in [9.17, 15) is 9.18 Å². The van der Waals surface area contributed by atoms with Gasteiger partial charge in [-0.2, -0.15) is 14.6 Å². The maximum absolute atomic E-state index is 14.7. The summed E-state index contributed by atoms with van der Waals surface area (Å²) in [7, 11) is 0. The van der Waals surface area contributed by atoms with Crippen LogP contribution < -0.4 is 5.32 Å². The van der Waals surface area contributed by atoms with Gasteiger partial charge >= 0.3 is 0 Å². The molecule has 1 unspecified atom stereocenters. The summed E-state index contributed by atoms with van der Waals surface area (Å²) in [4.78, 5) is 27.1. The van der Waals surface area contributed by atoms with Gasteiger partial charge in [0, 0.05) is 31.1 Å². The predicted molar refractivity (Wildman–Crippen MR) is 104 cm³/mol. The van der Waals surface area contributed by atoms with E-state index >= 15 is 0 Å². The van der Waals surface area contributed by atoms with Crippen LogP contribution in [0.15, 0.2) is 12.5 Å². The first-order valence-electron chi connectivity index (χ1n) is 9.29.